The molecule has 3 rings (SSSR count). The van der Waals surface area contributed by atoms with Gasteiger partial charge in [-0.05, 0) is 12.3 Å². The molecule has 0 bridgehead atoms. The molecule has 0 saturated heterocycles. The van der Waals surface area contributed by atoms with Gasteiger partial charge in [-0.15, -0.1) is 0 Å². The highest BCUT2D eigenvalue weighted by Crippen LogP contribution is 2.36. The number of allylic oxidation sites excluding steroid dienone is 1. The lowest BCUT2D eigenvalue weighted by Gasteiger charge is -2.41. The van der Waals surface area contributed by atoms with Crippen molar-refractivity contribution in [1.29, 1.82) is 0 Å². The van der Waals surface area contributed by atoms with E-state index in [0.717, 1.165) is 0 Å². The number of nitrogens with zero attached hydrogens (tertiary/aromatic N) is 4. The molecule has 2 N–H and O–H groups in total. The number of fused-ring (bicyclic) bond motifs is 1. The summed E-state index contributed by atoms with van der Waals surface area (Å²) in [4.78, 5) is 8.42. The summed E-state index contributed by atoms with van der Waals surface area (Å²) < 4.78 is 41.8. The van der Waals surface area contributed by atoms with Crippen molar-refractivity contribution in [3.05, 3.63) is 41.0 Å². The Morgan fingerprint density at radius 1 is 1.19 bits per heavy atom. The van der Waals surface area contributed by atoms with Crippen LogP contribution in [-0.2, 0) is 0 Å². The van der Waals surface area contributed by atoms with Gasteiger partial charge in [0.05, 0.1) is 11.1 Å². The van der Waals surface area contributed by atoms with E-state index in [4.69, 9.17) is 17.3 Å². The fourth-order valence-electron chi connectivity index (χ4n) is 2.82. The fourth-order valence-corrected chi connectivity index (χ4v) is 3.09. The highest BCUT2D eigenvalue weighted by atomic mass is 35.5. The Morgan fingerprint density at radius 3 is 2.31 bits per heavy atom. The minimum absolute atomic E-state index is 0.0123. The molecule has 1 aromatic rings. The minimum atomic E-state index is -1.11. The molecule has 2 aliphatic rings. The first-order valence-corrected chi connectivity index (χ1v) is 8.40. The summed E-state index contributed by atoms with van der Waals surface area (Å²) >= 11 is 6.14. The molecule has 0 spiro atoms. The molecular formula is C17H19ClF3N5. The van der Waals surface area contributed by atoms with E-state index < -0.39 is 23.0 Å². The van der Waals surface area contributed by atoms with E-state index >= 15 is 0 Å². The number of rotatable bonds is 2. The van der Waals surface area contributed by atoms with Crippen molar-refractivity contribution >= 4 is 28.3 Å². The Kier molecular flexibility index (Phi) is 4.52. The van der Waals surface area contributed by atoms with Gasteiger partial charge < -0.3 is 5.73 Å². The first kappa shape index (κ1) is 18.7. The maximum atomic E-state index is 14.3. The van der Waals surface area contributed by atoms with Crippen molar-refractivity contribution in [1.82, 2.24) is 10.0 Å². The topological polar surface area (TPSA) is 57.2 Å². The van der Waals surface area contributed by atoms with Gasteiger partial charge in [-0.1, -0.05) is 32.4 Å². The number of hydrazine groups is 1. The second kappa shape index (κ2) is 6.28. The maximum absolute atomic E-state index is 14.3. The van der Waals surface area contributed by atoms with Crippen LogP contribution in [0.4, 0.5) is 13.2 Å². The van der Waals surface area contributed by atoms with Gasteiger partial charge in [-0.25, -0.2) is 23.2 Å². The largest absolute Gasteiger partial charge is 0.383 e. The Balaban J connectivity index is 2.14. The molecular weight excluding hydrogens is 367 g/mol. The standard InChI is InChI=1S/C17H19ClF3N5/c1-8(17(2,3)4)25-7-23-16-24-14(18)13(15(22)26(16)25)12-10(20)5-9(19)6-11(12)21/h5-6,8H,7,22H2,1-4H3. The molecule has 2 heterocycles. The summed E-state index contributed by atoms with van der Waals surface area (Å²) in [5.41, 5.74) is 5.45. The molecule has 9 heteroatoms. The highest BCUT2D eigenvalue weighted by molar-refractivity contribution is 6.77. The second-order valence-corrected chi connectivity index (χ2v) is 7.66. The number of halogens is 4. The van der Waals surface area contributed by atoms with Crippen LogP contribution in [0.1, 0.15) is 33.3 Å². The lowest BCUT2D eigenvalue weighted by atomic mass is 9.88. The fraction of sp³-hybridized carbons (Fsp3) is 0.412. The van der Waals surface area contributed by atoms with E-state index in [-0.39, 0.29) is 40.7 Å². The zero-order valence-electron chi connectivity index (χ0n) is 14.8. The molecule has 0 aliphatic carbocycles. The first-order valence-electron chi connectivity index (χ1n) is 8.02. The van der Waals surface area contributed by atoms with E-state index in [9.17, 15) is 13.2 Å². The van der Waals surface area contributed by atoms with Crippen molar-refractivity contribution in [2.24, 2.45) is 21.1 Å². The van der Waals surface area contributed by atoms with Crippen molar-refractivity contribution in [3.8, 4) is 0 Å². The Hall–Kier alpha value is -2.06. The molecule has 5 nitrogen and oxygen atoms in total. The van der Waals surface area contributed by atoms with Crippen molar-refractivity contribution < 1.29 is 13.2 Å². The van der Waals surface area contributed by atoms with Gasteiger partial charge in [-0.3, -0.25) is 0 Å². The van der Waals surface area contributed by atoms with Crippen LogP contribution >= 0.6 is 11.6 Å². The molecule has 1 aromatic carbocycles. The van der Waals surface area contributed by atoms with Crippen LogP contribution < -0.4 is 5.73 Å². The molecule has 0 saturated carbocycles. The number of aliphatic imine (C=N–C) groups is 2. The third-order valence-corrected chi connectivity index (χ3v) is 4.92. The zero-order chi connectivity index (χ0) is 19.4. The number of benzene rings is 1. The first-order chi connectivity index (χ1) is 12.0. The summed E-state index contributed by atoms with van der Waals surface area (Å²) in [7, 11) is 0. The Labute approximate surface area is 154 Å². The van der Waals surface area contributed by atoms with Crippen LogP contribution in [0, 0.1) is 22.9 Å². The van der Waals surface area contributed by atoms with Gasteiger partial charge in [0.2, 0.25) is 5.96 Å². The van der Waals surface area contributed by atoms with Gasteiger partial charge in [0.25, 0.3) is 0 Å². The minimum Gasteiger partial charge on any atom is -0.383 e. The smallest absolute Gasteiger partial charge is 0.244 e. The summed E-state index contributed by atoms with van der Waals surface area (Å²) in [6.07, 6.45) is 0. The lowest BCUT2D eigenvalue weighted by Crippen LogP contribution is -2.52. The zero-order valence-corrected chi connectivity index (χ0v) is 15.6. The molecule has 26 heavy (non-hydrogen) atoms. The van der Waals surface area contributed by atoms with E-state index in [1.165, 1.54) is 5.01 Å². The third kappa shape index (κ3) is 2.97. The number of guanidine groups is 1. The van der Waals surface area contributed by atoms with Crippen LogP contribution in [0.2, 0.25) is 0 Å². The highest BCUT2D eigenvalue weighted by Gasteiger charge is 2.40. The number of nitrogens with two attached hydrogens (primary N) is 1. The van der Waals surface area contributed by atoms with Gasteiger partial charge >= 0.3 is 0 Å². The second-order valence-electron chi connectivity index (χ2n) is 7.30. The number of hydrogen-bond donors (Lipinski definition) is 1. The summed E-state index contributed by atoms with van der Waals surface area (Å²) in [5, 5.41) is 3.14. The van der Waals surface area contributed by atoms with Crippen LogP contribution in [0.5, 0.6) is 0 Å². The molecule has 1 unspecified atom stereocenters. The summed E-state index contributed by atoms with van der Waals surface area (Å²) in [6.45, 7) is 8.43. The van der Waals surface area contributed by atoms with Crippen LogP contribution in [0.15, 0.2) is 27.9 Å². The average Bonchev–Trinajstić information content (AvgIpc) is 2.91. The lowest BCUT2D eigenvalue weighted by molar-refractivity contribution is 0.00337. The van der Waals surface area contributed by atoms with Crippen molar-refractivity contribution in [2.45, 2.75) is 33.7 Å². The van der Waals surface area contributed by atoms with E-state index in [1.54, 1.807) is 0 Å². The normalized spacial score (nSPS) is 19.5. The molecule has 0 amide bonds. The molecule has 1 atom stereocenters. The molecule has 140 valence electrons. The van der Waals surface area contributed by atoms with Crippen LogP contribution in [-0.4, -0.2) is 33.9 Å². The molecule has 0 aromatic heterocycles. The van der Waals surface area contributed by atoms with Gasteiger partial charge in [0.15, 0.2) is 0 Å². The Morgan fingerprint density at radius 2 is 1.77 bits per heavy atom. The van der Waals surface area contributed by atoms with E-state index in [1.807, 2.05) is 11.9 Å². The monoisotopic (exact) mass is 385 g/mol. The van der Waals surface area contributed by atoms with Gasteiger partial charge in [0, 0.05) is 18.2 Å². The molecule has 0 radical (unpaired) electrons. The summed E-state index contributed by atoms with van der Waals surface area (Å²) in [6, 6.07) is 1.14. The third-order valence-electron chi connectivity index (χ3n) is 4.65. The molecule has 0 fully saturated rings. The predicted molar refractivity (Wildman–Crippen MR) is 95.6 cm³/mol. The molecule has 2 aliphatic heterocycles. The van der Waals surface area contributed by atoms with Gasteiger partial charge in [-0.2, -0.15) is 10.0 Å². The average molecular weight is 386 g/mol. The Bertz CT molecular complexity index is 833. The quantitative estimate of drug-likeness (QED) is 0.845. The van der Waals surface area contributed by atoms with Crippen molar-refractivity contribution in [2.75, 3.05) is 6.67 Å². The SMILES string of the molecule is CC(N1CN=C2N=C(Cl)C(c3c(F)cc(F)cc3F)=C(N)N21)C(C)(C)C. The summed E-state index contributed by atoms with van der Waals surface area (Å²) in [5.74, 6) is -3.01. The van der Waals surface area contributed by atoms with Crippen LogP contribution in [0.25, 0.3) is 5.57 Å². The number of hydrogen-bond acceptors (Lipinski definition) is 5. The van der Waals surface area contributed by atoms with Crippen LogP contribution in [0.3, 0.4) is 0 Å². The predicted octanol–water partition coefficient (Wildman–Crippen LogP) is 3.66. The maximum Gasteiger partial charge on any atom is 0.244 e. The van der Waals surface area contributed by atoms with Gasteiger partial charge in [0.1, 0.15) is 35.1 Å². The van der Waals surface area contributed by atoms with E-state index in [2.05, 4.69) is 30.8 Å². The van der Waals surface area contributed by atoms with Crippen molar-refractivity contribution in [3.63, 3.8) is 0 Å². The van der Waals surface area contributed by atoms with E-state index in [0.29, 0.717) is 12.1 Å².